The van der Waals surface area contributed by atoms with Gasteiger partial charge in [0.25, 0.3) is 5.91 Å². The van der Waals surface area contributed by atoms with Crippen molar-refractivity contribution < 1.29 is 18.7 Å². The monoisotopic (exact) mass is 293 g/mol. The Morgan fingerprint density at radius 1 is 1.24 bits per heavy atom. The first-order valence-electron chi connectivity index (χ1n) is 7.25. The van der Waals surface area contributed by atoms with E-state index in [4.69, 9.17) is 0 Å². The average Bonchev–Trinajstić information content (AvgIpc) is 3.01. The van der Waals surface area contributed by atoms with Crippen molar-refractivity contribution in [1.29, 1.82) is 0 Å². The smallest absolute Gasteiger partial charge is 0.307 e. The quantitative estimate of drug-likeness (QED) is 0.784. The molecular weight excluding hydrogens is 273 g/mol. The highest BCUT2D eigenvalue weighted by Gasteiger charge is 2.27. The Labute approximate surface area is 123 Å². The lowest BCUT2D eigenvalue weighted by atomic mass is 10.1. The van der Waals surface area contributed by atoms with Crippen LogP contribution in [0.1, 0.15) is 42.5 Å². The van der Waals surface area contributed by atoms with Crippen LogP contribution in [0.4, 0.5) is 4.39 Å². The molecule has 1 aliphatic rings. The number of halogens is 1. The molecule has 0 spiro atoms. The Morgan fingerprint density at radius 3 is 2.43 bits per heavy atom. The molecule has 0 unspecified atom stereocenters. The molecule has 4 nitrogen and oxygen atoms in total. The predicted octanol–water partition coefficient (Wildman–Crippen LogP) is 2.77. The Hall–Kier alpha value is -1.91. The first-order chi connectivity index (χ1) is 10.1. The molecule has 0 aromatic heterocycles. The summed E-state index contributed by atoms with van der Waals surface area (Å²) in [5.74, 6) is -0.843. The standard InChI is InChI=1S/C16H20FNO3/c1-21-15(19)10-11-18(14-4-2-3-5-14)16(20)12-6-8-13(17)9-7-12/h6-9,14H,2-5,10-11H2,1H3. The van der Waals surface area contributed by atoms with Gasteiger partial charge in [-0.2, -0.15) is 0 Å². The lowest BCUT2D eigenvalue weighted by Gasteiger charge is -2.28. The molecule has 0 aliphatic heterocycles. The van der Waals surface area contributed by atoms with E-state index >= 15 is 0 Å². The SMILES string of the molecule is COC(=O)CCN(C(=O)c1ccc(F)cc1)C1CCCC1. The van der Waals surface area contributed by atoms with Crippen LogP contribution in [0.3, 0.4) is 0 Å². The molecule has 1 aromatic carbocycles. The molecule has 0 N–H and O–H groups in total. The van der Waals surface area contributed by atoms with E-state index in [1.807, 2.05) is 0 Å². The maximum absolute atomic E-state index is 13.0. The van der Waals surface area contributed by atoms with Crippen molar-refractivity contribution in [3.05, 3.63) is 35.6 Å². The van der Waals surface area contributed by atoms with E-state index in [-0.39, 0.29) is 30.2 Å². The van der Waals surface area contributed by atoms with Gasteiger partial charge in [-0.05, 0) is 37.1 Å². The van der Waals surface area contributed by atoms with E-state index in [9.17, 15) is 14.0 Å². The minimum absolute atomic E-state index is 0.147. The molecule has 21 heavy (non-hydrogen) atoms. The van der Waals surface area contributed by atoms with Crippen molar-refractivity contribution in [2.75, 3.05) is 13.7 Å². The van der Waals surface area contributed by atoms with Gasteiger partial charge in [0.1, 0.15) is 5.82 Å². The topological polar surface area (TPSA) is 46.6 Å². The summed E-state index contributed by atoms with van der Waals surface area (Å²) in [6, 6.07) is 5.68. The second-order valence-electron chi connectivity index (χ2n) is 5.27. The molecule has 0 atom stereocenters. The Kier molecular flexibility index (Phi) is 5.31. The number of benzene rings is 1. The third kappa shape index (κ3) is 4.03. The van der Waals surface area contributed by atoms with Crippen molar-refractivity contribution in [1.82, 2.24) is 4.90 Å². The van der Waals surface area contributed by atoms with Crippen LogP contribution in [-0.2, 0) is 9.53 Å². The largest absolute Gasteiger partial charge is 0.469 e. The third-order valence-electron chi connectivity index (χ3n) is 3.90. The summed E-state index contributed by atoms with van der Waals surface area (Å²) in [5, 5.41) is 0. The summed E-state index contributed by atoms with van der Waals surface area (Å²) < 4.78 is 17.6. The van der Waals surface area contributed by atoms with Crippen LogP contribution in [0.25, 0.3) is 0 Å². The number of carbonyl (C=O) groups excluding carboxylic acids is 2. The van der Waals surface area contributed by atoms with Crippen LogP contribution < -0.4 is 0 Å². The minimum Gasteiger partial charge on any atom is -0.469 e. The molecule has 0 bridgehead atoms. The van der Waals surface area contributed by atoms with Crippen molar-refractivity contribution in [2.45, 2.75) is 38.1 Å². The molecule has 0 heterocycles. The molecule has 2 rings (SSSR count). The van der Waals surface area contributed by atoms with Crippen molar-refractivity contribution in [2.24, 2.45) is 0 Å². The second-order valence-corrected chi connectivity index (χ2v) is 5.27. The number of nitrogens with zero attached hydrogens (tertiary/aromatic N) is 1. The average molecular weight is 293 g/mol. The van der Waals surface area contributed by atoms with E-state index in [1.54, 1.807) is 4.90 Å². The summed E-state index contributed by atoms with van der Waals surface area (Å²) in [4.78, 5) is 25.7. The van der Waals surface area contributed by atoms with Crippen LogP contribution in [0, 0.1) is 5.82 Å². The van der Waals surface area contributed by atoms with Crippen LogP contribution in [-0.4, -0.2) is 36.5 Å². The van der Waals surface area contributed by atoms with Gasteiger partial charge in [0, 0.05) is 18.2 Å². The highest BCUT2D eigenvalue weighted by Crippen LogP contribution is 2.25. The lowest BCUT2D eigenvalue weighted by Crippen LogP contribution is -2.40. The molecule has 1 aliphatic carbocycles. The highest BCUT2D eigenvalue weighted by molar-refractivity contribution is 5.94. The third-order valence-corrected chi connectivity index (χ3v) is 3.90. The van der Waals surface area contributed by atoms with Crippen LogP contribution in [0.15, 0.2) is 24.3 Å². The summed E-state index contributed by atoms with van der Waals surface area (Å²) in [6.45, 7) is 0.341. The number of carbonyl (C=O) groups is 2. The summed E-state index contributed by atoms with van der Waals surface area (Å²) in [5.41, 5.74) is 0.452. The van der Waals surface area contributed by atoms with E-state index in [0.717, 1.165) is 25.7 Å². The molecule has 1 fully saturated rings. The van der Waals surface area contributed by atoms with E-state index in [2.05, 4.69) is 4.74 Å². The first-order valence-corrected chi connectivity index (χ1v) is 7.25. The molecular formula is C16H20FNO3. The van der Waals surface area contributed by atoms with Gasteiger partial charge in [-0.3, -0.25) is 9.59 Å². The predicted molar refractivity (Wildman–Crippen MR) is 76.3 cm³/mol. The maximum Gasteiger partial charge on any atom is 0.307 e. The van der Waals surface area contributed by atoms with Gasteiger partial charge in [0.2, 0.25) is 0 Å². The number of hydrogen-bond acceptors (Lipinski definition) is 3. The molecule has 1 amide bonds. The van der Waals surface area contributed by atoms with Crippen molar-refractivity contribution in [3.63, 3.8) is 0 Å². The van der Waals surface area contributed by atoms with Crippen molar-refractivity contribution >= 4 is 11.9 Å². The summed E-state index contributed by atoms with van der Waals surface area (Å²) in [7, 11) is 1.34. The fourth-order valence-electron chi connectivity index (χ4n) is 2.74. The minimum atomic E-state index is -0.367. The zero-order valence-corrected chi connectivity index (χ0v) is 12.2. The van der Waals surface area contributed by atoms with E-state index in [1.165, 1.54) is 31.4 Å². The molecule has 114 valence electrons. The maximum atomic E-state index is 13.0. The Balaban J connectivity index is 2.11. The zero-order valence-electron chi connectivity index (χ0n) is 12.2. The molecule has 1 aromatic rings. The lowest BCUT2D eigenvalue weighted by molar-refractivity contribution is -0.140. The number of ether oxygens (including phenoxy) is 1. The van der Waals surface area contributed by atoms with Crippen LogP contribution in [0.5, 0.6) is 0 Å². The highest BCUT2D eigenvalue weighted by atomic mass is 19.1. The molecule has 1 saturated carbocycles. The van der Waals surface area contributed by atoms with Gasteiger partial charge in [0.05, 0.1) is 13.5 Å². The zero-order chi connectivity index (χ0) is 15.2. The van der Waals surface area contributed by atoms with Gasteiger partial charge in [-0.25, -0.2) is 4.39 Å². The van der Waals surface area contributed by atoms with E-state index < -0.39 is 0 Å². The van der Waals surface area contributed by atoms with Crippen LogP contribution >= 0.6 is 0 Å². The Morgan fingerprint density at radius 2 is 1.86 bits per heavy atom. The number of hydrogen-bond donors (Lipinski definition) is 0. The van der Waals surface area contributed by atoms with Gasteiger partial charge in [-0.1, -0.05) is 12.8 Å². The van der Waals surface area contributed by atoms with Gasteiger partial charge < -0.3 is 9.64 Å². The van der Waals surface area contributed by atoms with Crippen LogP contribution in [0.2, 0.25) is 0 Å². The van der Waals surface area contributed by atoms with Crippen molar-refractivity contribution in [3.8, 4) is 0 Å². The van der Waals surface area contributed by atoms with Gasteiger partial charge in [-0.15, -0.1) is 0 Å². The molecule has 5 heteroatoms. The second kappa shape index (κ2) is 7.20. The summed E-state index contributed by atoms with van der Waals surface area (Å²) in [6.07, 6.45) is 4.27. The van der Waals surface area contributed by atoms with E-state index in [0.29, 0.717) is 12.1 Å². The Bertz CT molecular complexity index is 495. The number of amides is 1. The number of methoxy groups -OCH3 is 1. The molecule has 0 saturated heterocycles. The molecule has 0 radical (unpaired) electrons. The van der Waals surface area contributed by atoms with Gasteiger partial charge in [0.15, 0.2) is 0 Å². The normalized spacial score (nSPS) is 15.0. The fraction of sp³-hybridized carbons (Fsp3) is 0.500. The fourth-order valence-corrected chi connectivity index (χ4v) is 2.74. The number of rotatable bonds is 5. The summed E-state index contributed by atoms with van der Waals surface area (Å²) >= 11 is 0. The first kappa shape index (κ1) is 15.5. The number of esters is 1. The van der Waals surface area contributed by atoms with Gasteiger partial charge >= 0.3 is 5.97 Å².